The second kappa shape index (κ2) is 38.4. The molecule has 9 heteroatoms. The van der Waals surface area contributed by atoms with Crippen molar-refractivity contribution in [1.29, 1.82) is 0 Å². The van der Waals surface area contributed by atoms with Gasteiger partial charge in [0.2, 0.25) is 24.3 Å². The fourth-order valence-corrected chi connectivity index (χ4v) is 4.60. The first-order valence-electron chi connectivity index (χ1n) is 14.1. The molecule has 0 amide bonds. The third-order valence-electron chi connectivity index (χ3n) is 5.67. The van der Waals surface area contributed by atoms with Gasteiger partial charge in [-0.05, 0) is 50.0 Å². The largest absolute Gasteiger partial charge is 0.234 e. The average Bonchev–Trinajstić information content (AvgIpc) is 2.91. The second-order valence-corrected chi connectivity index (χ2v) is 10.1. The first-order chi connectivity index (χ1) is 18.3. The van der Waals surface area contributed by atoms with E-state index in [2.05, 4.69) is 20.0 Å². The minimum atomic E-state index is 0.630. The van der Waals surface area contributed by atoms with Crippen LogP contribution in [-0.2, 0) is 19.2 Å². The van der Waals surface area contributed by atoms with E-state index < -0.39 is 0 Å². The summed E-state index contributed by atoms with van der Waals surface area (Å²) >= 11 is 2.02. The summed E-state index contributed by atoms with van der Waals surface area (Å²) in [6.07, 6.45) is 27.5. The van der Waals surface area contributed by atoms with Crippen molar-refractivity contribution in [3.63, 3.8) is 0 Å². The molecule has 0 saturated heterocycles. The molecule has 0 radical (unpaired) electrons. The van der Waals surface area contributed by atoms with Crippen LogP contribution in [0.1, 0.15) is 116 Å². The molecule has 37 heavy (non-hydrogen) atoms. The van der Waals surface area contributed by atoms with Crippen LogP contribution in [0.4, 0.5) is 0 Å². The fraction of sp³-hybridized carbons (Fsp3) is 0.857. The molecule has 0 aliphatic rings. The van der Waals surface area contributed by atoms with Crippen LogP contribution in [0.5, 0.6) is 0 Å². The van der Waals surface area contributed by atoms with Crippen LogP contribution in [0.2, 0.25) is 0 Å². The molecule has 0 saturated carbocycles. The van der Waals surface area contributed by atoms with Crippen molar-refractivity contribution in [3.05, 3.63) is 0 Å². The minimum absolute atomic E-state index is 0.630. The van der Waals surface area contributed by atoms with Crippen molar-refractivity contribution in [2.24, 2.45) is 20.0 Å². The van der Waals surface area contributed by atoms with Gasteiger partial charge >= 0.3 is 0 Å². The van der Waals surface area contributed by atoms with Crippen molar-refractivity contribution in [2.45, 2.75) is 116 Å². The molecule has 0 N–H and O–H groups in total. The average molecular weight is 537 g/mol. The molecule has 0 aromatic rings. The van der Waals surface area contributed by atoms with E-state index >= 15 is 0 Å². The van der Waals surface area contributed by atoms with Crippen LogP contribution in [0, 0.1) is 0 Å². The summed E-state index contributed by atoms with van der Waals surface area (Å²) in [5, 5.41) is 0. The van der Waals surface area contributed by atoms with E-state index in [9.17, 15) is 19.2 Å². The molecule has 0 aliphatic heterocycles. The molecule has 0 atom stereocenters. The van der Waals surface area contributed by atoms with Crippen LogP contribution in [0.15, 0.2) is 20.0 Å². The second-order valence-electron chi connectivity index (χ2n) is 8.87. The molecule has 0 spiro atoms. The molecular formula is C28H48N4O4S. The summed E-state index contributed by atoms with van der Waals surface area (Å²) in [5.41, 5.74) is 0. The number of isocyanates is 4. The van der Waals surface area contributed by atoms with Crippen LogP contribution in [0.3, 0.4) is 0 Å². The van der Waals surface area contributed by atoms with Crippen LogP contribution in [-0.4, -0.2) is 62.0 Å². The molecule has 0 fully saturated rings. The summed E-state index contributed by atoms with van der Waals surface area (Å²) < 4.78 is 0. The Morgan fingerprint density at radius 2 is 0.541 bits per heavy atom. The fourth-order valence-electron chi connectivity index (χ4n) is 3.58. The predicted molar refractivity (Wildman–Crippen MR) is 152 cm³/mol. The summed E-state index contributed by atoms with van der Waals surface area (Å²) in [5.74, 6) is 2.46. The highest BCUT2D eigenvalue weighted by Gasteiger charge is 1.94. The zero-order valence-electron chi connectivity index (χ0n) is 22.8. The van der Waals surface area contributed by atoms with Gasteiger partial charge in [-0.3, -0.25) is 0 Å². The molecule has 0 heterocycles. The first-order valence-corrected chi connectivity index (χ1v) is 15.2. The van der Waals surface area contributed by atoms with Gasteiger partial charge < -0.3 is 0 Å². The quantitative estimate of drug-likeness (QED) is 0.0632. The lowest BCUT2D eigenvalue weighted by Crippen LogP contribution is -1.88. The number of hydrogen-bond acceptors (Lipinski definition) is 9. The Bertz CT molecular complexity index is 611. The van der Waals surface area contributed by atoms with E-state index in [1.807, 2.05) is 11.8 Å². The number of nitrogens with zero attached hydrogens (tertiary/aromatic N) is 4. The van der Waals surface area contributed by atoms with Crippen LogP contribution >= 0.6 is 11.8 Å². The zero-order chi connectivity index (χ0) is 27.3. The topological polar surface area (TPSA) is 118 Å². The van der Waals surface area contributed by atoms with Gasteiger partial charge in [-0.1, -0.05) is 77.0 Å². The van der Waals surface area contributed by atoms with Gasteiger partial charge in [0, 0.05) is 0 Å². The molecule has 0 unspecified atom stereocenters. The molecule has 0 rings (SSSR count). The Morgan fingerprint density at radius 1 is 0.324 bits per heavy atom. The van der Waals surface area contributed by atoms with Gasteiger partial charge in [0.25, 0.3) is 0 Å². The highest BCUT2D eigenvalue weighted by Crippen LogP contribution is 2.12. The monoisotopic (exact) mass is 536 g/mol. The molecule has 0 aromatic carbocycles. The standard InChI is InChI=1S/C14H24N2O2S.C14H24N2O2/c17-13-15-9-5-1-3-7-11-19-12-8-4-2-6-10-16-14-18;17-13-15-11-9-7-5-3-1-2-4-6-8-10-12-16-14-18/h1-12H2;1-12H2. The van der Waals surface area contributed by atoms with Gasteiger partial charge in [-0.25, -0.2) is 39.1 Å². The zero-order valence-corrected chi connectivity index (χ0v) is 23.6. The normalized spacial score (nSPS) is 9.62. The Morgan fingerprint density at radius 3 is 0.784 bits per heavy atom. The Labute approximate surface area is 228 Å². The molecule has 0 bridgehead atoms. The summed E-state index contributed by atoms with van der Waals surface area (Å²) in [7, 11) is 0. The highest BCUT2D eigenvalue weighted by atomic mass is 32.2. The van der Waals surface area contributed by atoms with Gasteiger partial charge in [-0.2, -0.15) is 11.8 Å². The van der Waals surface area contributed by atoms with Gasteiger partial charge in [0.15, 0.2) is 0 Å². The molecular weight excluding hydrogens is 488 g/mol. The van der Waals surface area contributed by atoms with Gasteiger partial charge in [-0.15, -0.1) is 0 Å². The number of thioether (sulfide) groups is 1. The van der Waals surface area contributed by atoms with Crippen molar-refractivity contribution in [2.75, 3.05) is 37.7 Å². The smallest absolute Gasteiger partial charge is 0.211 e. The predicted octanol–water partition coefficient (Wildman–Crippen LogP) is 7.07. The van der Waals surface area contributed by atoms with Crippen LogP contribution < -0.4 is 0 Å². The number of unbranched alkanes of at least 4 members (excludes halogenated alkanes) is 15. The third kappa shape index (κ3) is 41.3. The maximum atomic E-state index is 9.82. The molecule has 0 aliphatic carbocycles. The van der Waals surface area contributed by atoms with Crippen LogP contribution in [0.25, 0.3) is 0 Å². The number of hydrogen-bond donors (Lipinski definition) is 0. The highest BCUT2D eigenvalue weighted by molar-refractivity contribution is 7.99. The maximum absolute atomic E-state index is 9.82. The summed E-state index contributed by atoms with van der Waals surface area (Å²) in [4.78, 5) is 53.4. The van der Waals surface area contributed by atoms with E-state index in [0.29, 0.717) is 26.2 Å². The van der Waals surface area contributed by atoms with Gasteiger partial charge in [0.05, 0.1) is 26.2 Å². The Kier molecular flexibility index (Phi) is 38.4. The van der Waals surface area contributed by atoms with E-state index in [-0.39, 0.29) is 0 Å². The Balaban J connectivity index is 0. The lowest BCUT2D eigenvalue weighted by molar-refractivity contribution is 0.547. The van der Waals surface area contributed by atoms with E-state index in [1.54, 1.807) is 24.3 Å². The van der Waals surface area contributed by atoms with E-state index in [1.165, 1.54) is 75.7 Å². The van der Waals surface area contributed by atoms with Crippen molar-refractivity contribution in [1.82, 2.24) is 0 Å². The maximum Gasteiger partial charge on any atom is 0.234 e. The number of carbonyl (C=O) groups excluding carboxylic acids is 4. The number of aliphatic imine (C=N–C) groups is 4. The van der Waals surface area contributed by atoms with E-state index in [0.717, 1.165) is 51.4 Å². The third-order valence-corrected chi connectivity index (χ3v) is 6.82. The number of rotatable bonds is 27. The SMILES string of the molecule is O=C=NCCCCCCCCCCCCN=C=O.O=C=NCCCCCCSCCCCCCN=C=O. The van der Waals surface area contributed by atoms with E-state index in [4.69, 9.17) is 0 Å². The minimum Gasteiger partial charge on any atom is -0.211 e. The first kappa shape index (κ1) is 37.0. The van der Waals surface area contributed by atoms with Crippen molar-refractivity contribution in [3.8, 4) is 0 Å². The van der Waals surface area contributed by atoms with Crippen molar-refractivity contribution < 1.29 is 19.2 Å². The summed E-state index contributed by atoms with van der Waals surface area (Å²) in [6, 6.07) is 0. The van der Waals surface area contributed by atoms with Gasteiger partial charge in [0.1, 0.15) is 0 Å². The molecule has 0 aromatic heterocycles. The Hall–Kier alpha value is -2.13. The van der Waals surface area contributed by atoms with Crippen molar-refractivity contribution >= 4 is 36.1 Å². The lowest BCUT2D eigenvalue weighted by atomic mass is 10.1. The molecule has 8 nitrogen and oxygen atoms in total. The summed E-state index contributed by atoms with van der Waals surface area (Å²) in [6.45, 7) is 2.52. The molecule has 210 valence electrons. The lowest BCUT2D eigenvalue weighted by Gasteiger charge is -2.01.